The molecule has 4 rings (SSSR count). The molecule has 0 aliphatic carbocycles. The average molecular weight is 459 g/mol. The molecule has 2 aromatic carbocycles. The number of halogens is 2. The lowest BCUT2D eigenvalue weighted by molar-refractivity contribution is 0.584. The van der Waals surface area contributed by atoms with Gasteiger partial charge < -0.3 is 10.6 Å². The van der Waals surface area contributed by atoms with Gasteiger partial charge in [0.25, 0.3) is 10.0 Å². The van der Waals surface area contributed by atoms with Crippen LogP contribution in [0.1, 0.15) is 11.3 Å². The number of benzene rings is 2. The van der Waals surface area contributed by atoms with Crippen LogP contribution in [0.3, 0.4) is 0 Å². The molecule has 0 radical (unpaired) electrons. The van der Waals surface area contributed by atoms with Crippen molar-refractivity contribution in [1.82, 2.24) is 14.3 Å². The molecular formula is C22H20ClFN4O2S. The molecule has 0 aliphatic heterocycles. The Hall–Kier alpha value is -2.94. The fraction of sp³-hybridized carbons (Fsp3) is 0.136. The second-order valence-corrected chi connectivity index (χ2v) is 9.34. The molecule has 0 bridgehead atoms. The monoisotopic (exact) mass is 458 g/mol. The summed E-state index contributed by atoms with van der Waals surface area (Å²) in [6.07, 6.45) is 1.59. The second kappa shape index (κ2) is 8.30. The first-order valence-electron chi connectivity index (χ1n) is 9.49. The van der Waals surface area contributed by atoms with E-state index in [-0.39, 0.29) is 10.6 Å². The Morgan fingerprint density at radius 3 is 2.65 bits per heavy atom. The highest BCUT2D eigenvalue weighted by Crippen LogP contribution is 2.30. The molecule has 2 aromatic heterocycles. The fourth-order valence-electron chi connectivity index (χ4n) is 3.39. The number of fused-ring (bicyclic) bond motifs is 1. The predicted molar refractivity (Wildman–Crippen MR) is 121 cm³/mol. The lowest BCUT2D eigenvalue weighted by Crippen LogP contribution is -2.12. The zero-order valence-corrected chi connectivity index (χ0v) is 18.4. The molecular weight excluding hydrogens is 439 g/mol. The normalized spacial score (nSPS) is 11.7. The van der Waals surface area contributed by atoms with E-state index in [2.05, 4.69) is 15.6 Å². The summed E-state index contributed by atoms with van der Waals surface area (Å²) in [6, 6.07) is 14.7. The van der Waals surface area contributed by atoms with Gasteiger partial charge in [-0.2, -0.15) is 4.39 Å². The van der Waals surface area contributed by atoms with Gasteiger partial charge in [-0.25, -0.2) is 17.4 Å². The van der Waals surface area contributed by atoms with Crippen molar-refractivity contribution in [2.75, 3.05) is 12.4 Å². The Morgan fingerprint density at radius 2 is 1.94 bits per heavy atom. The van der Waals surface area contributed by atoms with E-state index in [1.165, 1.54) is 16.1 Å². The first-order chi connectivity index (χ1) is 14.8. The molecule has 0 saturated heterocycles. The summed E-state index contributed by atoms with van der Waals surface area (Å²) in [7, 11) is -2.11. The van der Waals surface area contributed by atoms with Crippen molar-refractivity contribution in [1.29, 1.82) is 0 Å². The van der Waals surface area contributed by atoms with Crippen molar-refractivity contribution in [3.63, 3.8) is 0 Å². The molecule has 31 heavy (non-hydrogen) atoms. The maximum Gasteiger partial charge on any atom is 0.268 e. The Morgan fingerprint density at radius 1 is 1.13 bits per heavy atom. The van der Waals surface area contributed by atoms with Gasteiger partial charge >= 0.3 is 0 Å². The molecule has 2 N–H and O–H groups in total. The number of rotatable bonds is 6. The van der Waals surface area contributed by atoms with E-state index >= 15 is 0 Å². The highest BCUT2D eigenvalue weighted by molar-refractivity contribution is 7.90. The molecule has 0 unspecified atom stereocenters. The van der Waals surface area contributed by atoms with E-state index in [4.69, 9.17) is 11.6 Å². The van der Waals surface area contributed by atoms with Gasteiger partial charge in [-0.3, -0.25) is 0 Å². The molecule has 160 valence electrons. The molecule has 6 nitrogen and oxygen atoms in total. The molecule has 2 heterocycles. The van der Waals surface area contributed by atoms with Crippen molar-refractivity contribution < 1.29 is 12.8 Å². The highest BCUT2D eigenvalue weighted by atomic mass is 35.5. The molecule has 0 saturated carbocycles. The molecule has 4 aromatic rings. The Labute approximate surface area is 184 Å². The summed E-state index contributed by atoms with van der Waals surface area (Å²) in [5.41, 5.74) is 2.59. The Kier molecular flexibility index (Phi) is 5.70. The Bertz CT molecular complexity index is 1390. The van der Waals surface area contributed by atoms with Crippen LogP contribution in [-0.2, 0) is 16.6 Å². The van der Waals surface area contributed by atoms with E-state index in [0.717, 1.165) is 10.9 Å². The number of hydrogen-bond donors (Lipinski definition) is 2. The quantitative estimate of drug-likeness (QED) is 0.404. The lowest BCUT2D eigenvalue weighted by atomic mass is 10.1. The van der Waals surface area contributed by atoms with Crippen LogP contribution in [0.5, 0.6) is 0 Å². The summed E-state index contributed by atoms with van der Waals surface area (Å²) in [5.74, 6) is -0.627. The van der Waals surface area contributed by atoms with Gasteiger partial charge in [0.2, 0.25) is 5.95 Å². The number of aryl methyl sites for hydroxylation is 1. The number of nitrogens with zero attached hydrogens (tertiary/aromatic N) is 2. The van der Waals surface area contributed by atoms with Gasteiger partial charge in [-0.15, -0.1) is 0 Å². The van der Waals surface area contributed by atoms with Crippen molar-refractivity contribution in [3.8, 4) is 0 Å². The molecule has 0 spiro atoms. The SMILES string of the molecule is CNCc1cn(S(=O)(=O)c2cccc(Cl)c2)c2cc(Nc3ccc(C)nc3F)ccc12. The molecule has 0 fully saturated rings. The largest absolute Gasteiger partial charge is 0.352 e. The van der Waals surface area contributed by atoms with Crippen LogP contribution < -0.4 is 10.6 Å². The third-order valence-corrected chi connectivity index (χ3v) is 6.75. The van der Waals surface area contributed by atoms with E-state index in [0.29, 0.717) is 28.5 Å². The van der Waals surface area contributed by atoms with Crippen molar-refractivity contribution in [3.05, 3.63) is 83.0 Å². The number of anilines is 2. The maximum absolute atomic E-state index is 14.2. The van der Waals surface area contributed by atoms with Crippen LogP contribution in [0.15, 0.2) is 65.7 Å². The minimum atomic E-state index is -3.90. The molecule has 9 heteroatoms. The lowest BCUT2D eigenvalue weighted by Gasteiger charge is -2.11. The summed E-state index contributed by atoms with van der Waals surface area (Å²) < 4.78 is 42.2. The zero-order valence-electron chi connectivity index (χ0n) is 16.9. The number of nitrogens with one attached hydrogen (secondary N) is 2. The number of pyridine rings is 1. The predicted octanol–water partition coefficient (Wildman–Crippen LogP) is 4.84. The average Bonchev–Trinajstić information content (AvgIpc) is 3.09. The first-order valence-corrected chi connectivity index (χ1v) is 11.3. The minimum Gasteiger partial charge on any atom is -0.352 e. The number of hydrogen-bond acceptors (Lipinski definition) is 5. The van der Waals surface area contributed by atoms with Gasteiger partial charge in [-0.05, 0) is 62.0 Å². The Balaban J connectivity index is 1.85. The molecule has 0 aliphatic rings. The van der Waals surface area contributed by atoms with E-state index < -0.39 is 16.0 Å². The highest BCUT2D eigenvalue weighted by Gasteiger charge is 2.22. The minimum absolute atomic E-state index is 0.0834. The van der Waals surface area contributed by atoms with E-state index in [9.17, 15) is 12.8 Å². The summed E-state index contributed by atoms with van der Waals surface area (Å²) >= 11 is 6.02. The third kappa shape index (κ3) is 4.14. The van der Waals surface area contributed by atoms with Crippen LogP contribution in [-0.4, -0.2) is 24.4 Å². The van der Waals surface area contributed by atoms with Gasteiger partial charge in [0.15, 0.2) is 0 Å². The zero-order chi connectivity index (χ0) is 22.2. The van der Waals surface area contributed by atoms with Gasteiger partial charge in [0.1, 0.15) is 0 Å². The second-order valence-electron chi connectivity index (χ2n) is 7.09. The maximum atomic E-state index is 14.2. The van der Waals surface area contributed by atoms with Crippen LogP contribution >= 0.6 is 11.6 Å². The van der Waals surface area contributed by atoms with E-state index in [1.807, 2.05) is 6.07 Å². The standard InChI is InChI=1S/C22H20ClFN4O2S/c1-14-6-9-20(22(24)26-14)27-17-7-8-19-15(12-25-2)13-28(21(19)11-17)31(29,30)18-5-3-4-16(23)10-18/h3-11,13,25,27H,12H2,1-2H3. The van der Waals surface area contributed by atoms with Gasteiger partial charge in [0.05, 0.1) is 16.1 Å². The molecule has 0 atom stereocenters. The van der Waals surface area contributed by atoms with Gasteiger partial charge in [-0.1, -0.05) is 23.7 Å². The van der Waals surface area contributed by atoms with Crippen molar-refractivity contribution in [2.24, 2.45) is 0 Å². The molecule has 0 amide bonds. The first kappa shape index (κ1) is 21.3. The van der Waals surface area contributed by atoms with Crippen molar-refractivity contribution in [2.45, 2.75) is 18.4 Å². The topological polar surface area (TPSA) is 76.0 Å². The fourth-order valence-corrected chi connectivity index (χ4v) is 5.07. The van der Waals surface area contributed by atoms with Crippen molar-refractivity contribution >= 4 is 43.9 Å². The summed E-state index contributed by atoms with van der Waals surface area (Å²) in [4.78, 5) is 3.90. The summed E-state index contributed by atoms with van der Waals surface area (Å²) in [6.45, 7) is 2.19. The third-order valence-electron chi connectivity index (χ3n) is 4.84. The van der Waals surface area contributed by atoms with Gasteiger partial charge in [0, 0.05) is 34.5 Å². The van der Waals surface area contributed by atoms with Crippen LogP contribution in [0.2, 0.25) is 5.02 Å². The van der Waals surface area contributed by atoms with Crippen LogP contribution in [0, 0.1) is 12.9 Å². The number of aromatic nitrogens is 2. The summed E-state index contributed by atoms with van der Waals surface area (Å²) in [5, 5.41) is 7.13. The van der Waals surface area contributed by atoms with Crippen LogP contribution in [0.4, 0.5) is 15.8 Å². The van der Waals surface area contributed by atoms with Crippen LogP contribution in [0.25, 0.3) is 10.9 Å². The smallest absolute Gasteiger partial charge is 0.268 e. The van der Waals surface area contributed by atoms with E-state index in [1.54, 1.807) is 56.6 Å².